The van der Waals surface area contributed by atoms with E-state index in [1.54, 1.807) is 0 Å². The maximum Gasteiger partial charge on any atom is 0.0714 e. The van der Waals surface area contributed by atoms with E-state index in [9.17, 15) is 0 Å². The third kappa shape index (κ3) is 5.94. The van der Waals surface area contributed by atoms with Crippen LogP contribution in [-0.4, -0.2) is 0 Å². The van der Waals surface area contributed by atoms with Crippen LogP contribution < -0.4 is 4.90 Å². The molecule has 0 N–H and O–H groups in total. The topological polar surface area (TPSA) is 3.24 Å². The van der Waals surface area contributed by atoms with E-state index in [-0.39, 0.29) is 0 Å². The highest BCUT2D eigenvalue weighted by Gasteiger charge is 2.47. The molecule has 0 unspecified atom stereocenters. The summed E-state index contributed by atoms with van der Waals surface area (Å²) < 4.78 is 0. The SMILES string of the molecule is c1ccc(-c2ccc(-c3cccc(N(c4ccc(-c5ccc6ccccc6c5)cc4)c4cccc5c4-c4ccccc4C5(c4ccccc4)c4ccccc4)c3)cc2)cc1. The average Bonchev–Trinajstić information content (AvgIpc) is 3.64. The Hall–Kier alpha value is -7.74. The summed E-state index contributed by atoms with van der Waals surface area (Å²) in [5.74, 6) is 0. The molecule has 10 aromatic carbocycles. The largest absolute Gasteiger partial charge is 0.310 e. The minimum atomic E-state index is -0.502. The van der Waals surface area contributed by atoms with Gasteiger partial charge in [0.2, 0.25) is 0 Å². The lowest BCUT2D eigenvalue weighted by Crippen LogP contribution is -2.28. The molecule has 0 atom stereocenters. The highest BCUT2D eigenvalue weighted by Crippen LogP contribution is 2.59. The van der Waals surface area contributed by atoms with Crippen LogP contribution in [0, 0.1) is 0 Å². The first kappa shape index (κ1) is 35.4. The molecule has 0 aliphatic heterocycles. The zero-order valence-electron chi connectivity index (χ0n) is 33.1. The van der Waals surface area contributed by atoms with Crippen LogP contribution in [0.1, 0.15) is 22.3 Å². The van der Waals surface area contributed by atoms with Gasteiger partial charge in [0, 0.05) is 16.9 Å². The summed E-state index contributed by atoms with van der Waals surface area (Å²) in [7, 11) is 0. The number of hydrogen-bond donors (Lipinski definition) is 0. The van der Waals surface area contributed by atoms with Crippen molar-refractivity contribution < 1.29 is 0 Å². The number of rotatable bonds is 8. The summed E-state index contributed by atoms with van der Waals surface area (Å²) >= 11 is 0. The second-order valence-corrected chi connectivity index (χ2v) is 15.7. The van der Waals surface area contributed by atoms with Crippen LogP contribution >= 0.6 is 0 Å². The molecule has 11 rings (SSSR count). The molecule has 0 saturated carbocycles. The number of hydrogen-bond acceptors (Lipinski definition) is 1. The number of benzene rings is 10. The summed E-state index contributed by atoms with van der Waals surface area (Å²) in [5.41, 5.74) is 17.6. The molecular formula is C59H41N. The molecule has 10 aromatic rings. The minimum absolute atomic E-state index is 0.502. The van der Waals surface area contributed by atoms with Gasteiger partial charge in [0.15, 0.2) is 0 Å². The Bertz CT molecular complexity index is 3070. The van der Waals surface area contributed by atoms with Gasteiger partial charge < -0.3 is 4.90 Å². The quantitative estimate of drug-likeness (QED) is 0.149. The van der Waals surface area contributed by atoms with Gasteiger partial charge >= 0.3 is 0 Å². The molecule has 60 heavy (non-hydrogen) atoms. The van der Waals surface area contributed by atoms with Crippen molar-refractivity contribution in [2.45, 2.75) is 5.41 Å². The van der Waals surface area contributed by atoms with Gasteiger partial charge in [-0.05, 0) is 108 Å². The Morgan fingerprint density at radius 1 is 0.283 bits per heavy atom. The van der Waals surface area contributed by atoms with Crippen molar-refractivity contribution in [3.63, 3.8) is 0 Å². The van der Waals surface area contributed by atoms with E-state index >= 15 is 0 Å². The molecule has 282 valence electrons. The summed E-state index contributed by atoms with van der Waals surface area (Å²) in [6.45, 7) is 0. The lowest BCUT2D eigenvalue weighted by molar-refractivity contribution is 0.768. The van der Waals surface area contributed by atoms with Crippen molar-refractivity contribution in [1.29, 1.82) is 0 Å². The van der Waals surface area contributed by atoms with Crippen molar-refractivity contribution >= 4 is 27.8 Å². The van der Waals surface area contributed by atoms with Gasteiger partial charge in [-0.3, -0.25) is 0 Å². The maximum atomic E-state index is 2.47. The van der Waals surface area contributed by atoms with E-state index in [1.165, 1.54) is 77.5 Å². The summed E-state index contributed by atoms with van der Waals surface area (Å²) in [6.07, 6.45) is 0. The van der Waals surface area contributed by atoms with Crippen LogP contribution in [0.3, 0.4) is 0 Å². The Morgan fingerprint density at radius 2 is 0.767 bits per heavy atom. The van der Waals surface area contributed by atoms with E-state index in [1.807, 2.05) is 0 Å². The third-order valence-electron chi connectivity index (χ3n) is 12.3. The van der Waals surface area contributed by atoms with Gasteiger partial charge in [0.05, 0.1) is 11.1 Å². The normalized spacial score (nSPS) is 12.5. The number of nitrogens with zero attached hydrogens (tertiary/aromatic N) is 1. The van der Waals surface area contributed by atoms with Gasteiger partial charge in [0.25, 0.3) is 0 Å². The lowest BCUT2D eigenvalue weighted by atomic mass is 9.68. The van der Waals surface area contributed by atoms with E-state index in [2.05, 4.69) is 254 Å². The molecule has 0 heterocycles. The zero-order chi connectivity index (χ0) is 39.9. The average molecular weight is 764 g/mol. The Labute approximate surface area is 352 Å². The fourth-order valence-corrected chi connectivity index (χ4v) is 9.57. The van der Waals surface area contributed by atoms with Gasteiger partial charge in [-0.25, -0.2) is 0 Å². The second kappa shape index (κ2) is 14.9. The fraction of sp³-hybridized carbons (Fsp3) is 0.0169. The predicted molar refractivity (Wildman–Crippen MR) is 252 cm³/mol. The van der Waals surface area contributed by atoms with Crippen LogP contribution in [0.5, 0.6) is 0 Å². The Morgan fingerprint density at radius 3 is 1.47 bits per heavy atom. The third-order valence-corrected chi connectivity index (χ3v) is 12.3. The highest BCUT2D eigenvalue weighted by molar-refractivity contribution is 5.98. The minimum Gasteiger partial charge on any atom is -0.310 e. The van der Waals surface area contributed by atoms with E-state index in [4.69, 9.17) is 0 Å². The van der Waals surface area contributed by atoms with Crippen molar-refractivity contribution in [2.75, 3.05) is 4.90 Å². The predicted octanol–water partition coefficient (Wildman–Crippen LogP) is 15.7. The standard InChI is InChI=1S/C59H41N/c1-4-16-42(17-5-1)44-30-32-45(33-31-44)48-20-14-25-53(41-48)60(52-38-36-46(37-39-52)49-35-34-43-18-10-11-19-47(43)40-49)57-29-15-28-56-58(57)54-26-12-13-27-55(54)59(56,50-21-6-2-7-22-50)51-23-8-3-9-24-51/h1-41H. The highest BCUT2D eigenvalue weighted by atomic mass is 15.1. The maximum absolute atomic E-state index is 2.47. The van der Waals surface area contributed by atoms with Gasteiger partial charge in [-0.1, -0.05) is 212 Å². The Kier molecular flexibility index (Phi) is 8.79. The van der Waals surface area contributed by atoms with Gasteiger partial charge in [-0.2, -0.15) is 0 Å². The van der Waals surface area contributed by atoms with E-state index in [0.29, 0.717) is 0 Å². The monoisotopic (exact) mass is 763 g/mol. The molecule has 0 bridgehead atoms. The molecule has 0 aromatic heterocycles. The zero-order valence-corrected chi connectivity index (χ0v) is 33.1. The molecule has 0 saturated heterocycles. The summed E-state index contributed by atoms with van der Waals surface area (Å²) in [6, 6.07) is 91.0. The Balaban J connectivity index is 1.11. The molecule has 1 nitrogen and oxygen atoms in total. The molecule has 0 amide bonds. The first-order valence-corrected chi connectivity index (χ1v) is 20.8. The van der Waals surface area contributed by atoms with Crippen LogP contribution in [0.2, 0.25) is 0 Å². The number of fused-ring (bicyclic) bond motifs is 4. The molecular weight excluding hydrogens is 723 g/mol. The second-order valence-electron chi connectivity index (χ2n) is 15.7. The smallest absolute Gasteiger partial charge is 0.0714 e. The molecule has 1 aliphatic carbocycles. The molecule has 1 aliphatic rings. The fourth-order valence-electron chi connectivity index (χ4n) is 9.57. The first-order chi connectivity index (χ1) is 29.8. The first-order valence-electron chi connectivity index (χ1n) is 20.8. The van der Waals surface area contributed by atoms with Crippen molar-refractivity contribution in [1.82, 2.24) is 0 Å². The van der Waals surface area contributed by atoms with Crippen molar-refractivity contribution in [3.8, 4) is 44.5 Å². The molecule has 0 radical (unpaired) electrons. The molecule has 1 heteroatoms. The van der Waals surface area contributed by atoms with Crippen LogP contribution in [0.15, 0.2) is 249 Å². The van der Waals surface area contributed by atoms with Crippen molar-refractivity contribution in [2.24, 2.45) is 0 Å². The van der Waals surface area contributed by atoms with E-state index in [0.717, 1.165) is 17.1 Å². The lowest BCUT2D eigenvalue weighted by Gasteiger charge is -2.34. The number of anilines is 3. The molecule has 0 spiro atoms. The van der Waals surface area contributed by atoms with Crippen LogP contribution in [-0.2, 0) is 5.41 Å². The van der Waals surface area contributed by atoms with E-state index < -0.39 is 5.41 Å². The summed E-state index contributed by atoms with van der Waals surface area (Å²) in [4.78, 5) is 2.47. The van der Waals surface area contributed by atoms with Gasteiger partial charge in [-0.15, -0.1) is 0 Å². The van der Waals surface area contributed by atoms with Crippen LogP contribution in [0.4, 0.5) is 17.1 Å². The summed E-state index contributed by atoms with van der Waals surface area (Å²) in [5, 5.41) is 2.49. The van der Waals surface area contributed by atoms with Crippen molar-refractivity contribution in [3.05, 3.63) is 271 Å². The van der Waals surface area contributed by atoms with Crippen LogP contribution in [0.25, 0.3) is 55.3 Å². The van der Waals surface area contributed by atoms with Gasteiger partial charge in [0.1, 0.15) is 0 Å². The molecule has 0 fully saturated rings.